The summed E-state index contributed by atoms with van der Waals surface area (Å²) in [6.07, 6.45) is 1.71. The van der Waals surface area contributed by atoms with E-state index in [1.165, 1.54) is 6.92 Å². The highest BCUT2D eigenvalue weighted by Crippen LogP contribution is 2.64. The number of nitrogens with zero attached hydrogens (tertiary/aromatic N) is 5. The highest BCUT2D eigenvalue weighted by molar-refractivity contribution is 5.94. The number of amides is 2. The first-order valence-electron chi connectivity index (χ1n) is 11.3. The average Bonchev–Trinajstić information content (AvgIpc) is 3.20. The summed E-state index contributed by atoms with van der Waals surface area (Å²) in [7, 11) is 0. The van der Waals surface area contributed by atoms with Crippen LogP contribution in [0.4, 0.5) is 10.5 Å². The molecule has 9 nitrogen and oxygen atoms in total. The monoisotopic (exact) mass is 454 g/mol. The Morgan fingerprint density at radius 2 is 2.00 bits per heavy atom. The molecule has 1 aromatic heterocycles. The molecule has 2 amide bonds. The molecule has 1 N–H and O–H groups in total. The molecule has 2 saturated heterocycles. The lowest BCUT2D eigenvalue weighted by molar-refractivity contribution is -0.119. The predicted octanol–water partition coefficient (Wildman–Crippen LogP) is 2.65. The number of pyridine rings is 1. The number of ether oxygens (including phenoxy) is 1. The van der Waals surface area contributed by atoms with Crippen LogP contribution in [0, 0.1) is 25.0 Å². The lowest BCUT2D eigenvalue weighted by Gasteiger charge is -2.16. The molecule has 5 atom stereocenters. The fourth-order valence-electron chi connectivity index (χ4n) is 5.95. The van der Waals surface area contributed by atoms with E-state index in [1.807, 2.05) is 30.5 Å². The molecule has 1 aromatic carbocycles. The Morgan fingerprint density at radius 1 is 1.24 bits per heavy atom. The molecule has 0 unspecified atom stereocenters. The molecule has 4 heterocycles. The van der Waals surface area contributed by atoms with Crippen LogP contribution in [-0.4, -0.2) is 53.8 Å². The Bertz CT molecular complexity index is 1280. The topological polar surface area (TPSA) is 83.5 Å². The van der Waals surface area contributed by atoms with Gasteiger partial charge in [0, 0.05) is 18.7 Å². The fraction of sp³-hybridized carbons (Fsp3) is 0.400. The maximum absolute atomic E-state index is 12.5. The summed E-state index contributed by atoms with van der Waals surface area (Å²) in [6.45, 7) is 18.0. The molecule has 1 aliphatic carbocycles. The number of carbonyl (C=O) groups is 2. The Morgan fingerprint density at radius 3 is 2.65 bits per heavy atom. The van der Waals surface area contributed by atoms with Gasteiger partial charge < -0.3 is 14.9 Å². The van der Waals surface area contributed by atoms with Gasteiger partial charge in [-0.1, -0.05) is 12.1 Å². The van der Waals surface area contributed by atoms with Gasteiger partial charge >= 0.3 is 6.09 Å². The number of hydrogen-bond donors (Lipinski definition) is 1. The fourth-order valence-corrected chi connectivity index (χ4v) is 5.95. The molecule has 170 valence electrons. The van der Waals surface area contributed by atoms with Gasteiger partial charge in [-0.2, -0.15) is 11.5 Å². The summed E-state index contributed by atoms with van der Waals surface area (Å²) in [6, 6.07) is 9.80. The van der Waals surface area contributed by atoms with Crippen LogP contribution in [0.5, 0.6) is 0 Å². The molecule has 6 rings (SSSR count). The van der Waals surface area contributed by atoms with E-state index in [4.69, 9.17) is 17.9 Å². The number of benzene rings is 1. The number of cyclic esters (lactones) is 1. The van der Waals surface area contributed by atoms with E-state index < -0.39 is 5.54 Å². The van der Waals surface area contributed by atoms with E-state index in [2.05, 4.69) is 26.2 Å². The van der Waals surface area contributed by atoms with Crippen molar-refractivity contribution in [2.24, 2.45) is 11.8 Å². The van der Waals surface area contributed by atoms with E-state index in [0.717, 1.165) is 28.1 Å². The van der Waals surface area contributed by atoms with Gasteiger partial charge in [-0.15, -0.1) is 5.01 Å². The molecule has 4 aliphatic rings. The maximum atomic E-state index is 12.5. The summed E-state index contributed by atoms with van der Waals surface area (Å²) in [5.41, 5.74) is 4.05. The highest BCUT2D eigenvalue weighted by Gasteiger charge is 2.79. The van der Waals surface area contributed by atoms with E-state index in [1.54, 1.807) is 9.91 Å². The van der Waals surface area contributed by atoms with Crippen LogP contribution in [0.2, 0.25) is 0 Å². The summed E-state index contributed by atoms with van der Waals surface area (Å²) in [4.78, 5) is 37.6. The van der Waals surface area contributed by atoms with Crippen molar-refractivity contribution in [1.29, 1.82) is 0 Å². The second kappa shape index (κ2) is 7.19. The van der Waals surface area contributed by atoms with Crippen LogP contribution in [0.25, 0.3) is 20.9 Å². The van der Waals surface area contributed by atoms with Crippen LogP contribution in [0.15, 0.2) is 36.5 Å². The third-order valence-corrected chi connectivity index (χ3v) is 7.69. The lowest BCUT2D eigenvalue weighted by atomic mass is 9.99. The van der Waals surface area contributed by atoms with E-state index in [-0.39, 0.29) is 36.0 Å². The van der Waals surface area contributed by atoms with Gasteiger partial charge in [-0.05, 0) is 35.7 Å². The number of rotatable bonds is 4. The Kier molecular flexibility index (Phi) is 4.34. The van der Waals surface area contributed by atoms with Crippen molar-refractivity contribution < 1.29 is 14.3 Å². The number of aromatic nitrogens is 1. The van der Waals surface area contributed by atoms with Crippen molar-refractivity contribution in [2.45, 2.75) is 31.0 Å². The molecule has 34 heavy (non-hydrogen) atoms. The minimum atomic E-state index is -0.592. The van der Waals surface area contributed by atoms with Gasteiger partial charge in [-0.25, -0.2) is 11.4 Å². The van der Waals surface area contributed by atoms with Crippen LogP contribution >= 0.6 is 0 Å². The zero-order chi connectivity index (χ0) is 23.6. The zero-order valence-corrected chi connectivity index (χ0v) is 18.6. The third kappa shape index (κ3) is 2.80. The summed E-state index contributed by atoms with van der Waals surface area (Å²) in [5, 5.41) is 4.45. The van der Waals surface area contributed by atoms with Crippen molar-refractivity contribution in [3.8, 4) is 11.1 Å². The maximum Gasteiger partial charge on any atom is 0.415 e. The first kappa shape index (κ1) is 20.5. The third-order valence-electron chi connectivity index (χ3n) is 7.69. The van der Waals surface area contributed by atoms with Crippen molar-refractivity contribution in [3.05, 3.63) is 70.7 Å². The first-order chi connectivity index (χ1) is 16.5. The van der Waals surface area contributed by atoms with Gasteiger partial charge in [0.2, 0.25) is 5.91 Å². The molecule has 0 radical (unpaired) electrons. The number of hydrogen-bond acceptors (Lipinski definition) is 5. The molecule has 9 heteroatoms. The quantitative estimate of drug-likeness (QED) is 0.719. The largest absolute Gasteiger partial charge is 0.442 e. The van der Waals surface area contributed by atoms with Crippen molar-refractivity contribution in [2.75, 3.05) is 24.5 Å². The summed E-state index contributed by atoms with van der Waals surface area (Å²) in [5.74, 6) is 0.203. The summed E-state index contributed by atoms with van der Waals surface area (Å²) < 4.78 is 5.48. The van der Waals surface area contributed by atoms with Gasteiger partial charge in [0.1, 0.15) is 11.8 Å². The van der Waals surface area contributed by atoms with Gasteiger partial charge in [0.05, 0.1) is 43.2 Å². The zero-order valence-electron chi connectivity index (χ0n) is 18.6. The Labute approximate surface area is 196 Å². The Hall–Kier alpha value is -4.11. The molecule has 0 bridgehead atoms. The molecule has 0 spiro atoms. The van der Waals surface area contributed by atoms with Crippen LogP contribution in [0.3, 0.4) is 0 Å². The highest BCUT2D eigenvalue weighted by atomic mass is 16.6. The van der Waals surface area contributed by atoms with E-state index in [9.17, 15) is 9.59 Å². The second-order valence-corrected chi connectivity index (χ2v) is 9.40. The van der Waals surface area contributed by atoms with Crippen molar-refractivity contribution in [1.82, 2.24) is 15.3 Å². The minimum absolute atomic E-state index is 0.132. The lowest BCUT2D eigenvalue weighted by Crippen LogP contribution is -2.40. The average molecular weight is 454 g/mol. The molecule has 3 aliphatic heterocycles. The van der Waals surface area contributed by atoms with E-state index in [0.29, 0.717) is 26.1 Å². The van der Waals surface area contributed by atoms with Crippen molar-refractivity contribution >= 4 is 17.7 Å². The Balaban J connectivity index is 1.22. The van der Waals surface area contributed by atoms with Crippen LogP contribution in [-0.2, 0) is 21.5 Å². The normalized spacial score (nSPS) is 30.0. The molecular formula is C25H22N6O3. The number of piperidine rings is 1. The van der Waals surface area contributed by atoms with Gasteiger partial charge in [0.25, 0.3) is 5.54 Å². The number of nitrogens with one attached hydrogen (secondary N) is 1. The van der Waals surface area contributed by atoms with Gasteiger partial charge in [0.15, 0.2) is 0 Å². The van der Waals surface area contributed by atoms with Crippen LogP contribution in [0.1, 0.15) is 18.2 Å². The number of fused-ring (bicyclic) bond motifs is 4. The van der Waals surface area contributed by atoms with Crippen LogP contribution < -0.4 is 10.2 Å². The van der Waals surface area contributed by atoms with Gasteiger partial charge in [-0.3, -0.25) is 14.7 Å². The molecular weight excluding hydrogens is 432 g/mol. The number of anilines is 1. The standard InChI is InChI=1S/C25H22N6O3/c1-14(32)28-11-22-21-9-17-8-15(4-6-20(17)31(21)24(33)34-22)16-5-7-23(29-10-16)25(26-2)18-12-30(27-3)13-19(18)25/h4-8,10,18-19,21-22H,9,11-13H2,1H3,(H,28,32)/t18-,19+,21-,22-,25-/m0/s1. The smallest absolute Gasteiger partial charge is 0.415 e. The molecule has 1 saturated carbocycles. The van der Waals surface area contributed by atoms with E-state index >= 15 is 0 Å². The number of carbonyl (C=O) groups excluding carboxylic acids is 2. The second-order valence-electron chi connectivity index (χ2n) is 9.40. The van der Waals surface area contributed by atoms with Crippen molar-refractivity contribution in [3.63, 3.8) is 0 Å². The predicted molar refractivity (Wildman–Crippen MR) is 122 cm³/mol. The SMILES string of the molecule is [C-]#[N+]N1C[C@@H]2[C@H](C1)[C@@]2([N+]#[C-])c1ccc(-c2ccc3c(c2)C[C@H]2[C@H](CNC(C)=O)OC(=O)N32)cn1. The first-order valence-corrected chi connectivity index (χ1v) is 11.3. The molecule has 2 aromatic rings. The molecule has 3 fully saturated rings. The minimum Gasteiger partial charge on any atom is -0.442 e. The summed E-state index contributed by atoms with van der Waals surface area (Å²) >= 11 is 0.